The quantitative estimate of drug-likeness (QED) is 0.745. The molecule has 0 aliphatic rings. The van der Waals surface area contributed by atoms with E-state index in [1.54, 1.807) is 39.2 Å². The molecule has 0 aliphatic heterocycles. The molecule has 2 aromatic rings. The van der Waals surface area contributed by atoms with Crippen molar-refractivity contribution in [2.24, 2.45) is 0 Å². The summed E-state index contributed by atoms with van der Waals surface area (Å²) >= 11 is 12.5. The number of hydrogen-bond donors (Lipinski definition) is 0. The highest BCUT2D eigenvalue weighted by molar-refractivity contribution is 6.32. The Morgan fingerprint density at radius 2 is 2.08 bits per heavy atom. The second-order valence-electron chi connectivity index (χ2n) is 5.59. The predicted molar refractivity (Wildman–Crippen MR) is 98.2 cm³/mol. The number of halogens is 2. The van der Waals surface area contributed by atoms with Gasteiger partial charge in [-0.1, -0.05) is 17.7 Å². The van der Waals surface area contributed by atoms with Crippen molar-refractivity contribution >= 4 is 29.1 Å². The molecule has 1 aromatic heterocycles. The fraction of sp³-hybridized carbons (Fsp3) is 0.278. The number of amides is 1. The third kappa shape index (κ3) is 3.71. The van der Waals surface area contributed by atoms with E-state index in [2.05, 4.69) is 11.1 Å². The molecule has 7 heteroatoms. The first-order valence-corrected chi connectivity index (χ1v) is 8.25. The molecule has 1 unspecified atom stereocenters. The summed E-state index contributed by atoms with van der Waals surface area (Å²) in [7, 11) is 4.81. The first kappa shape index (κ1) is 19.0. The van der Waals surface area contributed by atoms with Crippen molar-refractivity contribution in [1.82, 2.24) is 9.88 Å². The van der Waals surface area contributed by atoms with Gasteiger partial charge in [-0.3, -0.25) is 9.78 Å². The van der Waals surface area contributed by atoms with Crippen LogP contribution >= 0.6 is 23.2 Å². The van der Waals surface area contributed by atoms with Crippen LogP contribution in [0.3, 0.4) is 0 Å². The lowest BCUT2D eigenvalue weighted by atomic mass is 9.95. The molecule has 1 aromatic carbocycles. The number of methoxy groups -OCH3 is 1. The van der Waals surface area contributed by atoms with Crippen molar-refractivity contribution in [2.75, 3.05) is 21.2 Å². The summed E-state index contributed by atoms with van der Waals surface area (Å²) in [6.07, 6.45) is 1.52. The first-order valence-electron chi connectivity index (χ1n) is 7.44. The predicted octanol–water partition coefficient (Wildman–Crippen LogP) is 4.28. The second kappa shape index (κ2) is 7.73. The summed E-state index contributed by atoms with van der Waals surface area (Å²) in [6, 6.07) is 7.05. The molecule has 0 bridgehead atoms. The van der Waals surface area contributed by atoms with Crippen molar-refractivity contribution in [3.05, 3.63) is 46.2 Å². The monoisotopic (exact) mass is 377 g/mol. The van der Waals surface area contributed by atoms with E-state index in [9.17, 15) is 10.1 Å². The number of ether oxygens (including phenoxy) is 1. The minimum absolute atomic E-state index is 0.208. The van der Waals surface area contributed by atoms with Gasteiger partial charge in [-0.05, 0) is 19.1 Å². The average molecular weight is 378 g/mol. The molecule has 2 rings (SSSR count). The van der Waals surface area contributed by atoms with Crippen molar-refractivity contribution in [3.63, 3.8) is 0 Å². The van der Waals surface area contributed by atoms with Gasteiger partial charge in [0.1, 0.15) is 17.5 Å². The van der Waals surface area contributed by atoms with Crippen LogP contribution in [0.5, 0.6) is 5.75 Å². The van der Waals surface area contributed by atoms with E-state index in [0.29, 0.717) is 28.1 Å². The minimum atomic E-state index is -0.360. The zero-order valence-corrected chi connectivity index (χ0v) is 15.8. The number of nitriles is 1. The highest BCUT2D eigenvalue weighted by Crippen LogP contribution is 2.43. The van der Waals surface area contributed by atoms with E-state index >= 15 is 0 Å². The lowest BCUT2D eigenvalue weighted by Gasteiger charge is -2.18. The van der Waals surface area contributed by atoms with Crippen molar-refractivity contribution in [2.45, 2.75) is 12.3 Å². The molecule has 0 aliphatic carbocycles. The Kier molecular flexibility index (Phi) is 5.89. The Bertz CT molecular complexity index is 841. The van der Waals surface area contributed by atoms with Gasteiger partial charge < -0.3 is 9.64 Å². The topological polar surface area (TPSA) is 66.2 Å². The van der Waals surface area contributed by atoms with Crippen LogP contribution in [0.1, 0.15) is 33.9 Å². The number of alkyl halides is 1. The van der Waals surface area contributed by atoms with Crippen molar-refractivity contribution < 1.29 is 9.53 Å². The summed E-state index contributed by atoms with van der Waals surface area (Å²) in [5.41, 5.74) is 2.38. The molecular weight excluding hydrogens is 361 g/mol. The maximum Gasteiger partial charge on any atom is 0.271 e. The maximum atomic E-state index is 12.0. The standard InChI is InChI=1S/C18H17Cl2N3O2/c1-10(19)12-7-14(20)13(8-21)16(17(12)25-4)11-5-6-15(22-9-11)18(24)23(2)3/h5-7,9-10H,1-4H3. The normalized spacial score (nSPS) is 11.6. The van der Waals surface area contributed by atoms with Crippen molar-refractivity contribution in [3.8, 4) is 22.9 Å². The number of aromatic nitrogens is 1. The Hall–Kier alpha value is -2.29. The largest absolute Gasteiger partial charge is 0.496 e. The van der Waals surface area contributed by atoms with Crippen LogP contribution in [0.25, 0.3) is 11.1 Å². The number of carbonyl (C=O) groups excluding carboxylic acids is 1. The van der Waals surface area contributed by atoms with Gasteiger partial charge in [0.2, 0.25) is 0 Å². The molecule has 5 nitrogen and oxygen atoms in total. The lowest BCUT2D eigenvalue weighted by Crippen LogP contribution is -2.22. The fourth-order valence-corrected chi connectivity index (χ4v) is 2.87. The van der Waals surface area contributed by atoms with Gasteiger partial charge in [-0.2, -0.15) is 5.26 Å². The first-order chi connectivity index (χ1) is 11.8. The molecule has 0 radical (unpaired) electrons. The summed E-state index contributed by atoms with van der Waals surface area (Å²) in [4.78, 5) is 17.6. The van der Waals surface area contributed by atoms with Gasteiger partial charge in [-0.15, -0.1) is 11.6 Å². The Balaban J connectivity index is 2.69. The number of pyridine rings is 1. The summed E-state index contributed by atoms with van der Waals surface area (Å²) < 4.78 is 5.51. The number of hydrogen-bond acceptors (Lipinski definition) is 4. The average Bonchev–Trinajstić information content (AvgIpc) is 2.60. The molecule has 0 saturated carbocycles. The number of rotatable bonds is 4. The molecule has 1 amide bonds. The lowest BCUT2D eigenvalue weighted by molar-refractivity contribution is 0.0822. The van der Waals surface area contributed by atoms with Crippen LogP contribution < -0.4 is 4.74 Å². The third-order valence-corrected chi connectivity index (χ3v) is 4.22. The van der Waals surface area contributed by atoms with Crippen LogP contribution in [-0.2, 0) is 0 Å². The van der Waals surface area contributed by atoms with Crippen LogP contribution in [0.4, 0.5) is 0 Å². The third-order valence-electron chi connectivity index (χ3n) is 3.68. The van der Waals surface area contributed by atoms with Crippen LogP contribution in [0.2, 0.25) is 5.02 Å². The minimum Gasteiger partial charge on any atom is -0.496 e. The smallest absolute Gasteiger partial charge is 0.271 e. The van der Waals surface area contributed by atoms with E-state index in [1.165, 1.54) is 18.2 Å². The van der Waals surface area contributed by atoms with Gasteiger partial charge in [-0.25, -0.2) is 0 Å². The molecule has 0 fully saturated rings. The fourth-order valence-electron chi connectivity index (χ4n) is 2.45. The van der Waals surface area contributed by atoms with E-state index < -0.39 is 0 Å². The molecule has 25 heavy (non-hydrogen) atoms. The van der Waals surface area contributed by atoms with Gasteiger partial charge >= 0.3 is 0 Å². The number of nitrogens with zero attached hydrogens (tertiary/aromatic N) is 3. The summed E-state index contributed by atoms with van der Waals surface area (Å²) in [6.45, 7) is 1.79. The maximum absolute atomic E-state index is 12.0. The van der Waals surface area contributed by atoms with Gasteiger partial charge in [0.25, 0.3) is 5.91 Å². The molecule has 1 heterocycles. The van der Waals surface area contributed by atoms with Crippen LogP contribution in [0.15, 0.2) is 24.4 Å². The Morgan fingerprint density at radius 1 is 1.40 bits per heavy atom. The van der Waals surface area contributed by atoms with E-state index in [1.807, 2.05) is 0 Å². The molecule has 0 saturated heterocycles. The zero-order valence-electron chi connectivity index (χ0n) is 14.3. The second-order valence-corrected chi connectivity index (χ2v) is 6.65. The zero-order chi connectivity index (χ0) is 18.7. The SMILES string of the molecule is COc1c(C(C)Cl)cc(Cl)c(C#N)c1-c1ccc(C(=O)N(C)C)nc1. The van der Waals surface area contributed by atoms with Gasteiger partial charge in [0, 0.05) is 37.0 Å². The number of carbonyl (C=O) groups is 1. The van der Waals surface area contributed by atoms with Gasteiger partial charge in [0.15, 0.2) is 0 Å². The summed E-state index contributed by atoms with van der Waals surface area (Å²) in [5, 5.41) is 9.45. The van der Waals surface area contributed by atoms with Crippen LogP contribution in [0, 0.1) is 11.3 Å². The molecule has 0 spiro atoms. The van der Waals surface area contributed by atoms with E-state index in [-0.39, 0.29) is 21.9 Å². The molecule has 0 N–H and O–H groups in total. The molecule has 1 atom stereocenters. The van der Waals surface area contributed by atoms with E-state index in [0.717, 1.165) is 0 Å². The van der Waals surface area contributed by atoms with E-state index in [4.69, 9.17) is 27.9 Å². The summed E-state index contributed by atoms with van der Waals surface area (Å²) in [5.74, 6) is 0.261. The molecule has 130 valence electrons. The number of benzene rings is 1. The Labute approximate surface area is 156 Å². The Morgan fingerprint density at radius 3 is 2.52 bits per heavy atom. The highest BCUT2D eigenvalue weighted by Gasteiger charge is 2.22. The van der Waals surface area contributed by atoms with Gasteiger partial charge in [0.05, 0.1) is 23.1 Å². The highest BCUT2D eigenvalue weighted by atomic mass is 35.5. The van der Waals surface area contributed by atoms with Crippen molar-refractivity contribution in [1.29, 1.82) is 5.26 Å². The molecular formula is C18H17Cl2N3O2. The van der Waals surface area contributed by atoms with Crippen LogP contribution in [-0.4, -0.2) is 37.0 Å².